The second-order valence-electron chi connectivity index (χ2n) is 5.36. The highest BCUT2D eigenvalue weighted by Gasteiger charge is 2.22. The monoisotopic (exact) mass is 236 g/mol. The molecule has 1 heterocycles. The molecule has 0 fully saturated rings. The molecule has 17 heavy (non-hydrogen) atoms. The summed E-state index contributed by atoms with van der Waals surface area (Å²) in [5, 5.41) is 0. The molecule has 0 aromatic carbocycles. The zero-order valence-electron chi connectivity index (χ0n) is 11.2. The van der Waals surface area contributed by atoms with Crippen molar-refractivity contribution < 1.29 is 4.74 Å². The summed E-state index contributed by atoms with van der Waals surface area (Å²) in [4.78, 5) is 0. The molecule has 1 aromatic heterocycles. The molecule has 0 aliphatic heterocycles. The van der Waals surface area contributed by atoms with Crippen LogP contribution in [0, 0.1) is 12.8 Å². The van der Waals surface area contributed by atoms with E-state index in [9.17, 15) is 0 Å². The third kappa shape index (κ3) is 2.55. The molecular weight excluding hydrogens is 212 g/mol. The van der Waals surface area contributed by atoms with Gasteiger partial charge in [0, 0.05) is 31.1 Å². The van der Waals surface area contributed by atoms with E-state index in [1.165, 1.54) is 29.8 Å². The Morgan fingerprint density at radius 1 is 1.59 bits per heavy atom. The number of nitrogens with two attached hydrogens (primary N) is 1. The van der Waals surface area contributed by atoms with Crippen molar-refractivity contribution in [3.05, 3.63) is 23.0 Å². The van der Waals surface area contributed by atoms with Crippen molar-refractivity contribution in [2.45, 2.75) is 45.7 Å². The van der Waals surface area contributed by atoms with Crippen molar-refractivity contribution in [1.82, 2.24) is 4.57 Å². The molecule has 0 radical (unpaired) electrons. The first-order valence-corrected chi connectivity index (χ1v) is 6.57. The van der Waals surface area contributed by atoms with E-state index in [1.807, 2.05) is 0 Å². The van der Waals surface area contributed by atoms with Gasteiger partial charge in [-0.05, 0) is 43.7 Å². The Balaban J connectivity index is 2.22. The van der Waals surface area contributed by atoms with E-state index >= 15 is 0 Å². The van der Waals surface area contributed by atoms with Crippen molar-refractivity contribution in [3.8, 4) is 0 Å². The van der Waals surface area contributed by atoms with Gasteiger partial charge in [0.25, 0.3) is 0 Å². The summed E-state index contributed by atoms with van der Waals surface area (Å²) in [7, 11) is 1.77. The number of hydrogen-bond donors (Lipinski definition) is 1. The normalized spacial score (nSPS) is 21.3. The predicted octanol–water partition coefficient (Wildman–Crippen LogP) is 2.42. The van der Waals surface area contributed by atoms with Crippen molar-refractivity contribution in [3.63, 3.8) is 0 Å². The standard InChI is InChI=1S/C14H24N2O/c1-10(9-17-3)8-16-11(2)7-12-13(15)5-4-6-14(12)16/h7,10,13H,4-6,8-9,15H2,1-3H3. The van der Waals surface area contributed by atoms with Crippen molar-refractivity contribution in [2.75, 3.05) is 13.7 Å². The maximum atomic E-state index is 6.18. The molecule has 2 unspecified atom stereocenters. The molecule has 2 atom stereocenters. The molecule has 2 rings (SSSR count). The maximum absolute atomic E-state index is 6.18. The molecule has 0 amide bonds. The lowest BCUT2D eigenvalue weighted by Crippen LogP contribution is -2.20. The summed E-state index contributed by atoms with van der Waals surface area (Å²) in [5.74, 6) is 0.549. The van der Waals surface area contributed by atoms with Gasteiger partial charge in [0.15, 0.2) is 0 Å². The van der Waals surface area contributed by atoms with Gasteiger partial charge in [-0.1, -0.05) is 6.92 Å². The van der Waals surface area contributed by atoms with Crippen LogP contribution in [-0.4, -0.2) is 18.3 Å². The van der Waals surface area contributed by atoms with Crippen LogP contribution in [0.5, 0.6) is 0 Å². The molecule has 0 bridgehead atoms. The first-order valence-electron chi connectivity index (χ1n) is 6.57. The van der Waals surface area contributed by atoms with Gasteiger partial charge in [0.05, 0.1) is 6.61 Å². The van der Waals surface area contributed by atoms with Gasteiger partial charge >= 0.3 is 0 Å². The van der Waals surface area contributed by atoms with Crippen LogP contribution < -0.4 is 5.73 Å². The van der Waals surface area contributed by atoms with Crippen LogP contribution >= 0.6 is 0 Å². The Bertz CT molecular complexity index is 384. The molecular formula is C14H24N2O. The SMILES string of the molecule is COCC(C)Cn1c(C)cc2c1CCCC2N. The third-order valence-electron chi connectivity index (χ3n) is 3.72. The van der Waals surface area contributed by atoms with Crippen LogP contribution in [0.2, 0.25) is 0 Å². The zero-order valence-corrected chi connectivity index (χ0v) is 11.2. The van der Waals surface area contributed by atoms with Crippen LogP contribution in [-0.2, 0) is 17.7 Å². The summed E-state index contributed by atoms with van der Waals surface area (Å²) < 4.78 is 7.66. The van der Waals surface area contributed by atoms with Gasteiger partial charge in [0.1, 0.15) is 0 Å². The van der Waals surface area contributed by atoms with Gasteiger partial charge < -0.3 is 15.0 Å². The molecule has 3 nitrogen and oxygen atoms in total. The van der Waals surface area contributed by atoms with Crippen LogP contribution in [0.1, 0.15) is 42.8 Å². The molecule has 3 heteroatoms. The number of aromatic nitrogens is 1. The second kappa shape index (κ2) is 5.23. The lowest BCUT2D eigenvalue weighted by atomic mass is 9.93. The summed E-state index contributed by atoms with van der Waals surface area (Å²) in [6, 6.07) is 2.52. The van der Waals surface area contributed by atoms with Gasteiger partial charge in [-0.15, -0.1) is 0 Å². The molecule has 1 aliphatic rings. The summed E-state index contributed by atoms with van der Waals surface area (Å²) in [6.45, 7) is 6.28. The quantitative estimate of drug-likeness (QED) is 0.872. The number of fused-ring (bicyclic) bond motifs is 1. The highest BCUT2D eigenvalue weighted by Crippen LogP contribution is 2.31. The van der Waals surface area contributed by atoms with Crippen molar-refractivity contribution in [2.24, 2.45) is 11.7 Å². The number of methoxy groups -OCH3 is 1. The lowest BCUT2D eigenvalue weighted by Gasteiger charge is -2.22. The van der Waals surface area contributed by atoms with E-state index in [0.717, 1.165) is 19.6 Å². The lowest BCUT2D eigenvalue weighted by molar-refractivity contribution is 0.150. The van der Waals surface area contributed by atoms with E-state index < -0.39 is 0 Å². The Hall–Kier alpha value is -0.800. The molecule has 1 aliphatic carbocycles. The Kier molecular flexibility index (Phi) is 3.89. The maximum Gasteiger partial charge on any atom is 0.0504 e. The number of hydrogen-bond acceptors (Lipinski definition) is 2. The van der Waals surface area contributed by atoms with Crippen LogP contribution in [0.3, 0.4) is 0 Å². The molecule has 1 aromatic rings. The Morgan fingerprint density at radius 2 is 2.35 bits per heavy atom. The fourth-order valence-corrected chi connectivity index (χ4v) is 2.90. The number of nitrogens with zero attached hydrogens (tertiary/aromatic N) is 1. The number of rotatable bonds is 4. The largest absolute Gasteiger partial charge is 0.384 e. The van der Waals surface area contributed by atoms with Crippen molar-refractivity contribution >= 4 is 0 Å². The third-order valence-corrected chi connectivity index (χ3v) is 3.72. The van der Waals surface area contributed by atoms with E-state index in [1.54, 1.807) is 7.11 Å². The second-order valence-corrected chi connectivity index (χ2v) is 5.36. The fraction of sp³-hybridized carbons (Fsp3) is 0.714. The van der Waals surface area contributed by atoms with Gasteiger partial charge in [-0.2, -0.15) is 0 Å². The van der Waals surface area contributed by atoms with E-state index in [0.29, 0.717) is 5.92 Å². The molecule has 0 saturated carbocycles. The minimum atomic E-state index is 0.247. The predicted molar refractivity (Wildman–Crippen MR) is 70.1 cm³/mol. The molecule has 96 valence electrons. The van der Waals surface area contributed by atoms with Gasteiger partial charge in [-0.3, -0.25) is 0 Å². The van der Waals surface area contributed by atoms with E-state index in [4.69, 9.17) is 10.5 Å². The molecule has 0 spiro atoms. The Labute approximate surface area is 104 Å². The Morgan fingerprint density at radius 3 is 3.06 bits per heavy atom. The number of aryl methyl sites for hydroxylation is 1. The summed E-state index contributed by atoms with van der Waals surface area (Å²) in [5.41, 5.74) is 10.4. The molecule has 0 saturated heterocycles. The highest BCUT2D eigenvalue weighted by atomic mass is 16.5. The first-order chi connectivity index (χ1) is 8.13. The average molecular weight is 236 g/mol. The van der Waals surface area contributed by atoms with Crippen LogP contribution in [0.25, 0.3) is 0 Å². The van der Waals surface area contributed by atoms with Gasteiger partial charge in [0.2, 0.25) is 0 Å². The topological polar surface area (TPSA) is 40.2 Å². The van der Waals surface area contributed by atoms with Crippen LogP contribution in [0.4, 0.5) is 0 Å². The smallest absolute Gasteiger partial charge is 0.0504 e. The zero-order chi connectivity index (χ0) is 12.4. The summed E-state index contributed by atoms with van der Waals surface area (Å²) >= 11 is 0. The minimum absolute atomic E-state index is 0.247. The van der Waals surface area contributed by atoms with Crippen molar-refractivity contribution in [1.29, 1.82) is 0 Å². The number of ether oxygens (including phenoxy) is 1. The molecule has 2 N–H and O–H groups in total. The minimum Gasteiger partial charge on any atom is -0.384 e. The van der Waals surface area contributed by atoms with E-state index in [-0.39, 0.29) is 6.04 Å². The van der Waals surface area contributed by atoms with E-state index in [2.05, 4.69) is 24.5 Å². The highest BCUT2D eigenvalue weighted by molar-refractivity contribution is 5.32. The van der Waals surface area contributed by atoms with Gasteiger partial charge in [-0.25, -0.2) is 0 Å². The summed E-state index contributed by atoms with van der Waals surface area (Å²) in [6.07, 6.45) is 3.52. The van der Waals surface area contributed by atoms with Crippen LogP contribution in [0.15, 0.2) is 6.07 Å². The first kappa shape index (κ1) is 12.7. The average Bonchev–Trinajstić information content (AvgIpc) is 2.58. The fourth-order valence-electron chi connectivity index (χ4n) is 2.90.